The lowest BCUT2D eigenvalue weighted by Gasteiger charge is -2.51. The molecular weight excluding hydrogens is 270 g/mol. The Balaban J connectivity index is 1.98. The van der Waals surface area contributed by atoms with Gasteiger partial charge in [-0.25, -0.2) is 4.79 Å². The molecule has 0 radical (unpaired) electrons. The number of rotatable bonds is 5. The van der Waals surface area contributed by atoms with Gasteiger partial charge in [-0.05, 0) is 37.6 Å². The third-order valence-electron chi connectivity index (χ3n) is 4.24. The van der Waals surface area contributed by atoms with E-state index in [0.29, 0.717) is 12.2 Å². The Morgan fingerprint density at radius 3 is 2.33 bits per heavy atom. The van der Waals surface area contributed by atoms with Gasteiger partial charge < -0.3 is 15.2 Å². The van der Waals surface area contributed by atoms with E-state index in [1.807, 2.05) is 6.92 Å². The van der Waals surface area contributed by atoms with Crippen LogP contribution in [0.3, 0.4) is 0 Å². The monoisotopic (exact) mass is 291 g/mol. The first-order valence-electron chi connectivity index (χ1n) is 7.12. The average molecular weight is 291 g/mol. The van der Waals surface area contributed by atoms with Gasteiger partial charge in [-0.2, -0.15) is 0 Å². The van der Waals surface area contributed by atoms with E-state index in [9.17, 15) is 9.59 Å². The van der Waals surface area contributed by atoms with Gasteiger partial charge in [0.2, 0.25) is 0 Å². The number of carbonyl (C=O) groups excluding carboxylic acids is 1. The first-order chi connectivity index (χ1) is 9.86. The second-order valence-electron chi connectivity index (χ2n) is 5.91. The minimum absolute atomic E-state index is 0.0701. The predicted octanol–water partition coefficient (Wildman–Crippen LogP) is 2.32. The molecule has 1 aromatic carbocycles. The summed E-state index contributed by atoms with van der Waals surface area (Å²) in [5, 5.41) is 11.8. The van der Waals surface area contributed by atoms with Gasteiger partial charge in [-0.15, -0.1) is 0 Å². The van der Waals surface area contributed by atoms with Gasteiger partial charge in [-0.3, -0.25) is 4.79 Å². The minimum Gasteiger partial charge on any atom is -0.478 e. The van der Waals surface area contributed by atoms with Crippen molar-refractivity contribution in [3.8, 4) is 0 Å². The number of carboxylic acid groups (broad SMARTS) is 1. The van der Waals surface area contributed by atoms with Crippen molar-refractivity contribution >= 4 is 11.9 Å². The molecule has 2 unspecified atom stereocenters. The predicted molar refractivity (Wildman–Crippen MR) is 78.5 cm³/mol. The summed E-state index contributed by atoms with van der Waals surface area (Å²) in [5.74, 6) is -1.18. The Labute approximate surface area is 124 Å². The Morgan fingerprint density at radius 1 is 1.29 bits per heavy atom. The number of hydrogen-bond acceptors (Lipinski definition) is 3. The molecule has 2 N–H and O–H groups in total. The maximum Gasteiger partial charge on any atom is 0.335 e. The van der Waals surface area contributed by atoms with Gasteiger partial charge in [0.15, 0.2) is 0 Å². The fraction of sp³-hybridized carbons (Fsp3) is 0.500. The molecule has 1 aliphatic rings. The second kappa shape index (κ2) is 5.85. The van der Waals surface area contributed by atoms with Gasteiger partial charge in [0, 0.05) is 23.6 Å². The van der Waals surface area contributed by atoms with Crippen LogP contribution in [0.15, 0.2) is 24.3 Å². The summed E-state index contributed by atoms with van der Waals surface area (Å²) in [4.78, 5) is 23.0. The Hall–Kier alpha value is -1.88. The molecule has 0 bridgehead atoms. The highest BCUT2D eigenvalue weighted by atomic mass is 16.5. The van der Waals surface area contributed by atoms with E-state index in [2.05, 4.69) is 19.2 Å². The molecule has 1 aliphatic carbocycles. The van der Waals surface area contributed by atoms with Crippen LogP contribution in [0.4, 0.5) is 0 Å². The van der Waals surface area contributed by atoms with E-state index in [1.165, 1.54) is 24.3 Å². The molecule has 0 saturated heterocycles. The van der Waals surface area contributed by atoms with Gasteiger partial charge in [0.05, 0.1) is 11.7 Å². The maximum atomic E-state index is 12.2. The molecule has 1 fully saturated rings. The smallest absolute Gasteiger partial charge is 0.335 e. The zero-order valence-corrected chi connectivity index (χ0v) is 12.6. The van der Waals surface area contributed by atoms with Gasteiger partial charge in [0.1, 0.15) is 0 Å². The topological polar surface area (TPSA) is 75.6 Å². The number of ether oxygens (including phenoxy) is 1. The summed E-state index contributed by atoms with van der Waals surface area (Å²) in [7, 11) is 0. The van der Waals surface area contributed by atoms with Crippen LogP contribution >= 0.6 is 0 Å². The molecular formula is C16H21NO4. The lowest BCUT2D eigenvalue weighted by Crippen LogP contribution is -2.62. The first kappa shape index (κ1) is 15.5. The van der Waals surface area contributed by atoms with Crippen LogP contribution in [0.1, 0.15) is 47.9 Å². The molecule has 21 heavy (non-hydrogen) atoms. The molecule has 0 spiro atoms. The Bertz CT molecular complexity index is 536. The summed E-state index contributed by atoms with van der Waals surface area (Å²) in [6, 6.07) is 6.01. The minimum atomic E-state index is -0.998. The quantitative estimate of drug-likeness (QED) is 0.873. The molecule has 2 atom stereocenters. The first-order valence-corrected chi connectivity index (χ1v) is 7.12. The van der Waals surface area contributed by atoms with Crippen molar-refractivity contribution in [3.63, 3.8) is 0 Å². The van der Waals surface area contributed by atoms with E-state index >= 15 is 0 Å². The fourth-order valence-corrected chi connectivity index (χ4v) is 2.62. The van der Waals surface area contributed by atoms with Crippen LogP contribution in [0.2, 0.25) is 0 Å². The molecule has 2 rings (SSSR count). The standard InChI is InChI=1S/C16H21NO4/c1-4-21-13-9-12(16(13,2)3)17-14(18)10-5-7-11(8-6-10)15(19)20/h5-8,12-13H,4,9H2,1-3H3,(H,17,18)(H,19,20). The highest BCUT2D eigenvalue weighted by Crippen LogP contribution is 2.42. The third-order valence-corrected chi connectivity index (χ3v) is 4.24. The molecule has 0 aromatic heterocycles. The van der Waals surface area contributed by atoms with E-state index in [-0.39, 0.29) is 29.0 Å². The number of carbonyl (C=O) groups is 2. The highest BCUT2D eigenvalue weighted by molar-refractivity contribution is 5.96. The number of aromatic carboxylic acids is 1. The van der Waals surface area contributed by atoms with Crippen molar-refractivity contribution in [3.05, 3.63) is 35.4 Å². The molecule has 1 saturated carbocycles. The summed E-state index contributed by atoms with van der Waals surface area (Å²) in [5.41, 5.74) is 0.551. The third kappa shape index (κ3) is 3.08. The molecule has 5 heteroatoms. The lowest BCUT2D eigenvalue weighted by molar-refractivity contribution is -0.111. The zero-order chi connectivity index (χ0) is 15.6. The van der Waals surface area contributed by atoms with Crippen molar-refractivity contribution in [2.75, 3.05) is 6.61 Å². The van der Waals surface area contributed by atoms with Gasteiger partial charge in [-0.1, -0.05) is 13.8 Å². The molecule has 1 amide bonds. The molecule has 5 nitrogen and oxygen atoms in total. The van der Waals surface area contributed by atoms with E-state index < -0.39 is 5.97 Å². The SMILES string of the molecule is CCOC1CC(NC(=O)c2ccc(C(=O)O)cc2)C1(C)C. The number of benzene rings is 1. The maximum absolute atomic E-state index is 12.2. The Kier molecular flexibility index (Phi) is 4.32. The lowest BCUT2D eigenvalue weighted by atomic mass is 9.64. The number of amides is 1. The van der Waals surface area contributed by atoms with Crippen LogP contribution in [-0.4, -0.2) is 35.7 Å². The van der Waals surface area contributed by atoms with Crippen molar-refractivity contribution in [1.82, 2.24) is 5.32 Å². The second-order valence-corrected chi connectivity index (χ2v) is 5.91. The van der Waals surface area contributed by atoms with E-state index in [1.54, 1.807) is 0 Å². The molecule has 0 aliphatic heterocycles. The zero-order valence-electron chi connectivity index (χ0n) is 12.6. The van der Waals surface area contributed by atoms with Crippen molar-refractivity contribution in [2.24, 2.45) is 5.41 Å². The summed E-state index contributed by atoms with van der Waals surface area (Å²) in [6.45, 7) is 6.79. The molecule has 0 heterocycles. The van der Waals surface area contributed by atoms with Gasteiger partial charge >= 0.3 is 5.97 Å². The van der Waals surface area contributed by atoms with Crippen LogP contribution in [0.5, 0.6) is 0 Å². The highest BCUT2D eigenvalue weighted by Gasteiger charge is 2.49. The van der Waals surface area contributed by atoms with Crippen molar-refractivity contribution in [1.29, 1.82) is 0 Å². The summed E-state index contributed by atoms with van der Waals surface area (Å²) < 4.78 is 5.64. The average Bonchev–Trinajstić information content (AvgIpc) is 2.46. The number of hydrogen-bond donors (Lipinski definition) is 2. The number of nitrogens with one attached hydrogen (secondary N) is 1. The summed E-state index contributed by atoms with van der Waals surface area (Å²) in [6.07, 6.45) is 0.974. The normalized spacial score (nSPS) is 23.2. The fourth-order valence-electron chi connectivity index (χ4n) is 2.62. The molecule has 1 aromatic rings. The van der Waals surface area contributed by atoms with Crippen LogP contribution in [0, 0.1) is 5.41 Å². The van der Waals surface area contributed by atoms with E-state index in [0.717, 1.165) is 6.42 Å². The van der Waals surface area contributed by atoms with E-state index in [4.69, 9.17) is 9.84 Å². The van der Waals surface area contributed by atoms with Crippen LogP contribution in [0.25, 0.3) is 0 Å². The van der Waals surface area contributed by atoms with Crippen LogP contribution < -0.4 is 5.32 Å². The largest absolute Gasteiger partial charge is 0.478 e. The Morgan fingerprint density at radius 2 is 1.86 bits per heavy atom. The van der Waals surface area contributed by atoms with Gasteiger partial charge in [0.25, 0.3) is 5.91 Å². The van der Waals surface area contributed by atoms with Crippen molar-refractivity contribution < 1.29 is 19.4 Å². The summed E-state index contributed by atoms with van der Waals surface area (Å²) >= 11 is 0. The van der Waals surface area contributed by atoms with Crippen LogP contribution in [-0.2, 0) is 4.74 Å². The molecule has 114 valence electrons. The number of carboxylic acids is 1. The van der Waals surface area contributed by atoms with Crippen molar-refractivity contribution in [2.45, 2.75) is 39.3 Å².